The van der Waals surface area contributed by atoms with Gasteiger partial charge in [0.1, 0.15) is 0 Å². The molecule has 13 heavy (non-hydrogen) atoms. The second-order valence-corrected chi connectivity index (χ2v) is 4.11. The Hall–Kier alpha value is -0.610. The summed E-state index contributed by atoms with van der Waals surface area (Å²) in [5.74, 6) is -0.299. The minimum absolute atomic E-state index is 0.299. The second kappa shape index (κ2) is 5.19. The van der Waals surface area contributed by atoms with Gasteiger partial charge in [0.15, 0.2) is 0 Å². The van der Waals surface area contributed by atoms with Crippen LogP contribution in [0.2, 0.25) is 0 Å². The van der Waals surface area contributed by atoms with E-state index in [0.29, 0.717) is 6.61 Å². The third-order valence-corrected chi connectivity index (χ3v) is 2.92. The first-order valence-corrected chi connectivity index (χ1v) is 5.48. The van der Waals surface area contributed by atoms with Crippen molar-refractivity contribution in [1.29, 1.82) is 0 Å². The van der Waals surface area contributed by atoms with Crippen molar-refractivity contribution >= 4 is 39.3 Å². The molecule has 0 N–H and O–H groups in total. The van der Waals surface area contributed by atoms with Crippen molar-refractivity contribution in [3.8, 4) is 0 Å². The Kier molecular flexibility index (Phi) is 4.18. The van der Waals surface area contributed by atoms with Gasteiger partial charge in [-0.3, -0.25) is 0 Å². The summed E-state index contributed by atoms with van der Waals surface area (Å²) in [4.78, 5) is 11.9. The molecule has 0 bridgehead atoms. The molecule has 1 heterocycles. The first-order valence-electron chi connectivity index (χ1n) is 3.81. The number of hydrogen-bond donors (Lipinski definition) is 0. The predicted octanol–water partition coefficient (Wildman–Crippen LogP) is 3.09. The molecule has 0 aliphatic carbocycles. The molecule has 0 unspecified atom stereocenters. The summed E-state index contributed by atoms with van der Waals surface area (Å²) in [6.07, 6.45) is 3.18. The molecular formula is C9H9BrO2S. The molecular weight excluding hydrogens is 252 g/mol. The Morgan fingerprint density at radius 1 is 1.77 bits per heavy atom. The van der Waals surface area contributed by atoms with Crippen LogP contribution in [0.25, 0.3) is 6.08 Å². The van der Waals surface area contributed by atoms with Crippen LogP contribution in [0.3, 0.4) is 0 Å². The second-order valence-electron chi connectivity index (χ2n) is 2.25. The maximum atomic E-state index is 10.9. The van der Waals surface area contributed by atoms with Gasteiger partial charge < -0.3 is 4.74 Å². The molecule has 0 amide bonds. The van der Waals surface area contributed by atoms with Gasteiger partial charge in [-0.15, -0.1) is 11.3 Å². The Bertz CT molecular complexity index is 317. The Morgan fingerprint density at radius 3 is 3.08 bits per heavy atom. The lowest BCUT2D eigenvalue weighted by molar-refractivity contribution is -0.137. The van der Waals surface area contributed by atoms with Crippen LogP contribution in [0.1, 0.15) is 11.8 Å². The zero-order chi connectivity index (χ0) is 9.68. The molecule has 0 saturated carbocycles. The lowest BCUT2D eigenvalue weighted by atomic mass is 10.4. The minimum atomic E-state index is -0.299. The van der Waals surface area contributed by atoms with Crippen molar-refractivity contribution in [3.05, 3.63) is 26.9 Å². The quantitative estimate of drug-likeness (QED) is 0.617. The van der Waals surface area contributed by atoms with E-state index >= 15 is 0 Å². The summed E-state index contributed by atoms with van der Waals surface area (Å²) in [6, 6.07) is 1.94. The molecule has 0 aliphatic rings. The first-order chi connectivity index (χ1) is 6.22. The highest BCUT2D eigenvalue weighted by Gasteiger charge is 1.95. The molecule has 1 aromatic heterocycles. The largest absolute Gasteiger partial charge is 0.463 e. The SMILES string of the molecule is CCOC(=O)/C=C/c1cc(Br)cs1. The highest BCUT2D eigenvalue weighted by molar-refractivity contribution is 9.10. The Morgan fingerprint density at radius 2 is 2.54 bits per heavy atom. The van der Waals surface area contributed by atoms with Crippen molar-refractivity contribution in [2.24, 2.45) is 0 Å². The number of carbonyl (C=O) groups excluding carboxylic acids is 1. The summed E-state index contributed by atoms with van der Waals surface area (Å²) in [6.45, 7) is 2.20. The molecule has 1 aromatic rings. The number of carbonyl (C=O) groups is 1. The lowest BCUT2D eigenvalue weighted by Crippen LogP contribution is -1.98. The third kappa shape index (κ3) is 3.74. The lowest BCUT2D eigenvalue weighted by Gasteiger charge is -1.93. The number of rotatable bonds is 3. The van der Waals surface area contributed by atoms with Crippen LogP contribution in [-0.2, 0) is 9.53 Å². The van der Waals surface area contributed by atoms with Gasteiger partial charge in [0.05, 0.1) is 6.61 Å². The number of ether oxygens (including phenoxy) is 1. The number of hydrogen-bond acceptors (Lipinski definition) is 3. The molecule has 0 radical (unpaired) electrons. The van der Waals surface area contributed by atoms with E-state index in [9.17, 15) is 4.79 Å². The fourth-order valence-electron chi connectivity index (χ4n) is 0.756. The highest BCUT2D eigenvalue weighted by atomic mass is 79.9. The summed E-state index contributed by atoms with van der Waals surface area (Å²) in [5, 5.41) is 1.96. The van der Waals surface area contributed by atoms with Crippen molar-refractivity contribution in [2.75, 3.05) is 6.61 Å². The number of thiophene rings is 1. The maximum Gasteiger partial charge on any atom is 0.330 e. The summed E-state index contributed by atoms with van der Waals surface area (Å²) in [7, 11) is 0. The third-order valence-electron chi connectivity index (χ3n) is 1.26. The van der Waals surface area contributed by atoms with Crippen molar-refractivity contribution in [2.45, 2.75) is 6.92 Å². The topological polar surface area (TPSA) is 26.3 Å². The van der Waals surface area contributed by atoms with Crippen LogP contribution >= 0.6 is 27.3 Å². The molecule has 0 atom stereocenters. The molecule has 2 nitrogen and oxygen atoms in total. The smallest absolute Gasteiger partial charge is 0.330 e. The molecule has 0 fully saturated rings. The van der Waals surface area contributed by atoms with E-state index < -0.39 is 0 Å². The van der Waals surface area contributed by atoms with Gasteiger partial charge >= 0.3 is 5.97 Å². The fraction of sp³-hybridized carbons (Fsp3) is 0.222. The van der Waals surface area contributed by atoms with Gasteiger partial charge in [0, 0.05) is 20.8 Å². The van der Waals surface area contributed by atoms with Gasteiger partial charge in [-0.1, -0.05) is 0 Å². The van der Waals surface area contributed by atoms with E-state index in [1.54, 1.807) is 24.3 Å². The van der Waals surface area contributed by atoms with Crippen LogP contribution in [0.4, 0.5) is 0 Å². The van der Waals surface area contributed by atoms with E-state index in [1.807, 2.05) is 11.4 Å². The summed E-state index contributed by atoms with van der Waals surface area (Å²) < 4.78 is 5.77. The molecule has 4 heteroatoms. The van der Waals surface area contributed by atoms with Crippen molar-refractivity contribution < 1.29 is 9.53 Å². The van der Waals surface area contributed by atoms with E-state index in [4.69, 9.17) is 4.74 Å². The molecule has 1 rings (SSSR count). The van der Waals surface area contributed by atoms with Gasteiger partial charge in [0.2, 0.25) is 0 Å². The van der Waals surface area contributed by atoms with Gasteiger partial charge in [-0.25, -0.2) is 4.79 Å². The number of halogens is 1. The van der Waals surface area contributed by atoms with Crippen LogP contribution in [0, 0.1) is 0 Å². The zero-order valence-corrected chi connectivity index (χ0v) is 9.52. The van der Waals surface area contributed by atoms with Crippen LogP contribution < -0.4 is 0 Å². The van der Waals surface area contributed by atoms with Gasteiger partial charge in [0.25, 0.3) is 0 Å². The monoisotopic (exact) mass is 260 g/mol. The van der Waals surface area contributed by atoms with Crippen LogP contribution in [0.15, 0.2) is 22.0 Å². The van der Waals surface area contributed by atoms with E-state index in [-0.39, 0.29) is 5.97 Å². The number of esters is 1. The van der Waals surface area contributed by atoms with Crippen molar-refractivity contribution in [3.63, 3.8) is 0 Å². The zero-order valence-electron chi connectivity index (χ0n) is 7.12. The van der Waals surface area contributed by atoms with E-state index in [1.165, 1.54) is 6.08 Å². The Labute approximate surface area is 89.3 Å². The summed E-state index contributed by atoms with van der Waals surface area (Å²) in [5.41, 5.74) is 0. The molecule has 0 aliphatic heterocycles. The molecule has 0 aromatic carbocycles. The average Bonchev–Trinajstić information content (AvgIpc) is 2.49. The van der Waals surface area contributed by atoms with Crippen LogP contribution in [0.5, 0.6) is 0 Å². The standard InChI is InChI=1S/C9H9BrO2S/c1-2-12-9(11)4-3-8-5-7(10)6-13-8/h3-6H,2H2,1H3/b4-3+. The first kappa shape index (κ1) is 10.5. The molecule has 0 saturated heterocycles. The Balaban J connectivity index is 2.53. The molecule has 70 valence electrons. The normalized spacial score (nSPS) is 10.6. The van der Waals surface area contributed by atoms with Crippen LogP contribution in [-0.4, -0.2) is 12.6 Å². The molecule has 0 spiro atoms. The van der Waals surface area contributed by atoms with Gasteiger partial charge in [-0.2, -0.15) is 0 Å². The van der Waals surface area contributed by atoms with E-state index in [2.05, 4.69) is 15.9 Å². The highest BCUT2D eigenvalue weighted by Crippen LogP contribution is 2.20. The fourth-order valence-corrected chi connectivity index (χ4v) is 2.09. The summed E-state index contributed by atoms with van der Waals surface area (Å²) >= 11 is 4.90. The minimum Gasteiger partial charge on any atom is -0.463 e. The van der Waals surface area contributed by atoms with Gasteiger partial charge in [-0.05, 0) is 35.0 Å². The predicted molar refractivity (Wildman–Crippen MR) is 57.7 cm³/mol. The maximum absolute atomic E-state index is 10.9. The average molecular weight is 261 g/mol. The van der Waals surface area contributed by atoms with Crippen molar-refractivity contribution in [1.82, 2.24) is 0 Å². The van der Waals surface area contributed by atoms with E-state index in [0.717, 1.165) is 9.35 Å².